The molecule has 0 atom stereocenters. The molecular formula is C27H17N5O2. The monoisotopic (exact) mass is 443 g/mol. The minimum absolute atomic E-state index is 0.176. The van der Waals surface area contributed by atoms with Crippen LogP contribution in [0.1, 0.15) is 31.8 Å². The van der Waals surface area contributed by atoms with Crippen LogP contribution in [0.2, 0.25) is 0 Å². The average Bonchev–Trinajstić information content (AvgIpc) is 3.30. The first-order valence-electron chi connectivity index (χ1n) is 10.5. The molecule has 0 fully saturated rings. The van der Waals surface area contributed by atoms with E-state index in [0.717, 1.165) is 10.9 Å². The zero-order chi connectivity index (χ0) is 23.5. The number of hydrogen-bond donors (Lipinski definition) is 1. The van der Waals surface area contributed by atoms with Crippen molar-refractivity contribution in [3.05, 3.63) is 119 Å². The summed E-state index contributed by atoms with van der Waals surface area (Å²) in [4.78, 5) is 31.0. The predicted molar refractivity (Wildman–Crippen MR) is 128 cm³/mol. The Balaban J connectivity index is 1.53. The van der Waals surface area contributed by atoms with Crippen LogP contribution in [-0.2, 0) is 0 Å². The highest BCUT2D eigenvalue weighted by molar-refractivity contribution is 6.17. The maximum Gasteiger partial charge on any atom is 0.257 e. The Morgan fingerprint density at radius 3 is 2.32 bits per heavy atom. The number of pyridine rings is 1. The molecule has 0 unspecified atom stereocenters. The standard InChI is InChI=1S/C27H17N5O2/c28-16-20-17-29-32(24-15-14-18-8-4-7-13-23(18)30-24)26(20)31-27(34)22-12-6-5-11-21(22)25(33)19-9-2-1-3-10-19/h1-15,17H,(H,31,34). The highest BCUT2D eigenvalue weighted by Crippen LogP contribution is 2.23. The van der Waals surface area contributed by atoms with Crippen molar-refractivity contribution in [2.24, 2.45) is 0 Å². The molecule has 7 heteroatoms. The number of carbonyl (C=O) groups is 2. The molecule has 1 amide bonds. The number of para-hydroxylation sites is 1. The van der Waals surface area contributed by atoms with Gasteiger partial charge in [0.25, 0.3) is 5.91 Å². The molecule has 0 aliphatic carbocycles. The summed E-state index contributed by atoms with van der Waals surface area (Å²) in [5.41, 5.74) is 1.87. The number of nitriles is 1. The third-order valence-electron chi connectivity index (χ3n) is 5.37. The molecule has 0 saturated carbocycles. The van der Waals surface area contributed by atoms with Gasteiger partial charge in [0.15, 0.2) is 17.4 Å². The van der Waals surface area contributed by atoms with E-state index in [4.69, 9.17) is 0 Å². The Kier molecular flexibility index (Phi) is 5.38. The molecule has 1 N–H and O–H groups in total. The predicted octanol–water partition coefficient (Wildman–Crippen LogP) is 4.78. The number of benzene rings is 3. The van der Waals surface area contributed by atoms with Crippen molar-refractivity contribution < 1.29 is 9.59 Å². The Morgan fingerprint density at radius 2 is 1.53 bits per heavy atom. The first-order chi connectivity index (χ1) is 16.7. The first kappa shape index (κ1) is 20.8. The highest BCUT2D eigenvalue weighted by Gasteiger charge is 2.21. The van der Waals surface area contributed by atoms with Gasteiger partial charge < -0.3 is 5.32 Å². The van der Waals surface area contributed by atoms with E-state index in [1.54, 1.807) is 54.6 Å². The van der Waals surface area contributed by atoms with Gasteiger partial charge in [-0.2, -0.15) is 15.0 Å². The fourth-order valence-electron chi connectivity index (χ4n) is 3.70. The lowest BCUT2D eigenvalue weighted by Crippen LogP contribution is -2.19. The van der Waals surface area contributed by atoms with Crippen molar-refractivity contribution in [3.63, 3.8) is 0 Å². The second-order valence-corrected chi connectivity index (χ2v) is 7.49. The van der Waals surface area contributed by atoms with Gasteiger partial charge in [0.1, 0.15) is 11.6 Å². The summed E-state index contributed by atoms with van der Waals surface area (Å²) in [6, 6.07) is 28.7. The maximum atomic E-state index is 13.3. The van der Waals surface area contributed by atoms with Crippen molar-refractivity contribution >= 4 is 28.4 Å². The van der Waals surface area contributed by atoms with Crippen LogP contribution in [0, 0.1) is 11.3 Å². The van der Waals surface area contributed by atoms with Crippen LogP contribution in [-0.4, -0.2) is 26.5 Å². The molecule has 0 spiro atoms. The van der Waals surface area contributed by atoms with E-state index in [-0.39, 0.29) is 28.3 Å². The van der Waals surface area contributed by atoms with Crippen LogP contribution in [0.4, 0.5) is 5.82 Å². The summed E-state index contributed by atoms with van der Waals surface area (Å²) in [5.74, 6) is -0.170. The number of carbonyl (C=O) groups excluding carboxylic acids is 2. The van der Waals surface area contributed by atoms with Crippen molar-refractivity contribution in [2.45, 2.75) is 0 Å². The van der Waals surface area contributed by atoms with E-state index in [9.17, 15) is 14.9 Å². The van der Waals surface area contributed by atoms with E-state index in [1.807, 2.05) is 36.4 Å². The van der Waals surface area contributed by atoms with Crippen molar-refractivity contribution in [1.29, 1.82) is 5.26 Å². The second-order valence-electron chi connectivity index (χ2n) is 7.49. The summed E-state index contributed by atoms with van der Waals surface area (Å²) in [7, 11) is 0. The third kappa shape index (κ3) is 3.80. The second kappa shape index (κ2) is 8.81. The molecule has 162 valence electrons. The largest absolute Gasteiger partial charge is 0.305 e. The summed E-state index contributed by atoms with van der Waals surface area (Å²) >= 11 is 0. The van der Waals surface area contributed by atoms with Crippen LogP contribution < -0.4 is 5.32 Å². The molecule has 2 heterocycles. The lowest BCUT2D eigenvalue weighted by Gasteiger charge is -2.12. The normalized spacial score (nSPS) is 10.6. The smallest absolute Gasteiger partial charge is 0.257 e. The number of rotatable bonds is 5. The van der Waals surface area contributed by atoms with Crippen molar-refractivity contribution in [3.8, 4) is 11.9 Å². The molecule has 2 aromatic heterocycles. The van der Waals surface area contributed by atoms with Crippen LogP contribution in [0.5, 0.6) is 0 Å². The summed E-state index contributed by atoms with van der Waals surface area (Å²) < 4.78 is 1.41. The summed E-state index contributed by atoms with van der Waals surface area (Å²) in [6.07, 6.45) is 1.37. The van der Waals surface area contributed by atoms with E-state index < -0.39 is 5.91 Å². The van der Waals surface area contributed by atoms with Crippen molar-refractivity contribution in [1.82, 2.24) is 14.8 Å². The molecular weight excluding hydrogens is 426 g/mol. The van der Waals surface area contributed by atoms with Gasteiger partial charge in [-0.1, -0.05) is 66.7 Å². The minimum atomic E-state index is -0.529. The van der Waals surface area contributed by atoms with Gasteiger partial charge in [0.05, 0.1) is 17.3 Å². The minimum Gasteiger partial charge on any atom is -0.305 e. The fourth-order valence-corrected chi connectivity index (χ4v) is 3.70. The van der Waals surface area contributed by atoms with Crippen LogP contribution >= 0.6 is 0 Å². The number of fused-ring (bicyclic) bond motifs is 1. The van der Waals surface area contributed by atoms with E-state index in [0.29, 0.717) is 11.4 Å². The Morgan fingerprint density at radius 1 is 0.824 bits per heavy atom. The molecule has 5 rings (SSSR count). The van der Waals surface area contributed by atoms with E-state index in [2.05, 4.69) is 21.5 Å². The summed E-state index contributed by atoms with van der Waals surface area (Å²) in [6.45, 7) is 0. The Bertz CT molecular complexity index is 1580. The number of nitrogens with zero attached hydrogens (tertiary/aromatic N) is 4. The SMILES string of the molecule is N#Cc1cnn(-c2ccc3ccccc3n2)c1NC(=O)c1ccccc1C(=O)c1ccccc1. The van der Waals surface area contributed by atoms with Crippen LogP contribution in [0.25, 0.3) is 16.7 Å². The van der Waals surface area contributed by atoms with Crippen molar-refractivity contribution in [2.75, 3.05) is 5.32 Å². The molecule has 34 heavy (non-hydrogen) atoms. The number of nitrogens with one attached hydrogen (secondary N) is 1. The van der Waals surface area contributed by atoms with Gasteiger partial charge in [0, 0.05) is 16.5 Å². The molecule has 0 bridgehead atoms. The molecule has 5 aromatic rings. The Hall–Kier alpha value is -5.09. The molecule has 3 aromatic carbocycles. The average molecular weight is 443 g/mol. The van der Waals surface area contributed by atoms with Gasteiger partial charge >= 0.3 is 0 Å². The molecule has 0 radical (unpaired) electrons. The number of anilines is 1. The highest BCUT2D eigenvalue weighted by atomic mass is 16.2. The lowest BCUT2D eigenvalue weighted by molar-refractivity contribution is 0.0996. The van der Waals surface area contributed by atoms with E-state index in [1.165, 1.54) is 10.9 Å². The third-order valence-corrected chi connectivity index (χ3v) is 5.37. The number of aromatic nitrogens is 3. The Labute approximate surface area is 194 Å². The zero-order valence-electron chi connectivity index (χ0n) is 17.8. The number of ketones is 1. The quantitative estimate of drug-likeness (QED) is 0.394. The van der Waals surface area contributed by atoms with Gasteiger partial charge in [-0.25, -0.2) is 4.98 Å². The fraction of sp³-hybridized carbons (Fsp3) is 0. The zero-order valence-corrected chi connectivity index (χ0v) is 17.8. The van der Waals surface area contributed by atoms with Crippen LogP contribution in [0.3, 0.4) is 0 Å². The summed E-state index contributed by atoms with van der Waals surface area (Å²) in [5, 5.41) is 17.6. The number of hydrogen-bond acceptors (Lipinski definition) is 5. The number of amides is 1. The van der Waals surface area contributed by atoms with E-state index >= 15 is 0 Å². The van der Waals surface area contributed by atoms with Gasteiger partial charge in [0.2, 0.25) is 0 Å². The molecule has 0 saturated heterocycles. The first-order valence-corrected chi connectivity index (χ1v) is 10.5. The molecule has 0 aliphatic heterocycles. The molecule has 7 nitrogen and oxygen atoms in total. The maximum absolute atomic E-state index is 13.3. The molecule has 0 aliphatic rings. The lowest BCUT2D eigenvalue weighted by atomic mass is 9.98. The van der Waals surface area contributed by atoms with Crippen LogP contribution in [0.15, 0.2) is 97.2 Å². The topological polar surface area (TPSA) is 101 Å². The van der Waals surface area contributed by atoms with Gasteiger partial charge in [-0.3, -0.25) is 9.59 Å². The van der Waals surface area contributed by atoms with Gasteiger partial charge in [-0.15, -0.1) is 0 Å². The van der Waals surface area contributed by atoms with Gasteiger partial charge in [-0.05, 0) is 24.3 Å².